The van der Waals surface area contributed by atoms with E-state index in [-0.39, 0.29) is 24.3 Å². The number of hydrogen-bond acceptors (Lipinski definition) is 8. The van der Waals surface area contributed by atoms with Crippen LogP contribution in [0.2, 0.25) is 0 Å². The van der Waals surface area contributed by atoms with E-state index in [2.05, 4.69) is 15.3 Å². The molecule has 1 aromatic heterocycles. The molecular formula is C17H20N4O4S. The zero-order valence-electron chi connectivity index (χ0n) is 14.6. The molecule has 2 aliphatic heterocycles. The molecular weight excluding hydrogens is 356 g/mol. The Morgan fingerprint density at radius 1 is 1.19 bits per heavy atom. The smallest absolute Gasteiger partial charge is 0.231 e. The molecule has 1 fully saturated rings. The first kappa shape index (κ1) is 16.9. The van der Waals surface area contributed by atoms with Crippen LogP contribution in [0.3, 0.4) is 0 Å². The molecule has 2 aromatic rings. The van der Waals surface area contributed by atoms with E-state index in [1.165, 1.54) is 0 Å². The van der Waals surface area contributed by atoms with Gasteiger partial charge in [-0.3, -0.25) is 0 Å². The van der Waals surface area contributed by atoms with Crippen LogP contribution in [-0.4, -0.2) is 49.8 Å². The van der Waals surface area contributed by atoms with Crippen LogP contribution in [0.1, 0.15) is 12.1 Å². The molecule has 4 rings (SSSR count). The molecule has 138 valence electrons. The number of sulfone groups is 1. The van der Waals surface area contributed by atoms with Gasteiger partial charge >= 0.3 is 0 Å². The van der Waals surface area contributed by atoms with Crippen LogP contribution in [0.25, 0.3) is 0 Å². The van der Waals surface area contributed by atoms with E-state index in [0.717, 1.165) is 17.1 Å². The molecule has 9 heteroatoms. The number of nitrogens with zero attached hydrogens (tertiary/aromatic N) is 3. The summed E-state index contributed by atoms with van der Waals surface area (Å²) < 4.78 is 34.2. The Morgan fingerprint density at radius 3 is 2.77 bits per heavy atom. The summed E-state index contributed by atoms with van der Waals surface area (Å²) in [5.74, 6) is 2.92. The van der Waals surface area contributed by atoms with E-state index in [1.807, 2.05) is 43.1 Å². The Labute approximate surface area is 152 Å². The van der Waals surface area contributed by atoms with Gasteiger partial charge in [0.05, 0.1) is 11.5 Å². The van der Waals surface area contributed by atoms with Gasteiger partial charge in [-0.1, -0.05) is 0 Å². The molecule has 0 saturated carbocycles. The van der Waals surface area contributed by atoms with Crippen molar-refractivity contribution in [2.75, 3.05) is 35.6 Å². The van der Waals surface area contributed by atoms with Gasteiger partial charge in [0.25, 0.3) is 0 Å². The molecule has 3 heterocycles. The first-order valence-corrected chi connectivity index (χ1v) is 10.2. The second kappa shape index (κ2) is 6.31. The second-order valence-electron chi connectivity index (χ2n) is 6.56. The highest BCUT2D eigenvalue weighted by Crippen LogP contribution is 2.35. The molecule has 0 aliphatic carbocycles. The first-order valence-electron chi connectivity index (χ1n) is 8.35. The van der Waals surface area contributed by atoms with Crippen molar-refractivity contribution >= 4 is 27.3 Å². The number of aromatic nitrogens is 2. The normalized spacial score (nSPS) is 20.2. The summed E-state index contributed by atoms with van der Waals surface area (Å²) in [4.78, 5) is 10.9. The first-order chi connectivity index (χ1) is 12.4. The maximum Gasteiger partial charge on any atom is 0.231 e. The highest BCUT2D eigenvalue weighted by Gasteiger charge is 2.32. The summed E-state index contributed by atoms with van der Waals surface area (Å²) in [5.41, 5.74) is 1.62. The van der Waals surface area contributed by atoms with Crippen molar-refractivity contribution in [2.45, 2.75) is 19.4 Å². The van der Waals surface area contributed by atoms with Crippen LogP contribution in [0, 0.1) is 6.92 Å². The van der Waals surface area contributed by atoms with Crippen LogP contribution in [-0.2, 0) is 9.84 Å². The van der Waals surface area contributed by atoms with Crippen molar-refractivity contribution in [3.63, 3.8) is 0 Å². The van der Waals surface area contributed by atoms with Crippen molar-refractivity contribution in [2.24, 2.45) is 0 Å². The third kappa shape index (κ3) is 3.39. The zero-order chi connectivity index (χ0) is 18.3. The molecule has 1 atom stereocenters. The maximum absolute atomic E-state index is 11.7. The molecule has 1 saturated heterocycles. The summed E-state index contributed by atoms with van der Waals surface area (Å²) in [6, 6.07) is 7.33. The van der Waals surface area contributed by atoms with Gasteiger partial charge in [0.15, 0.2) is 21.3 Å². The van der Waals surface area contributed by atoms with Gasteiger partial charge in [-0.05, 0) is 25.5 Å². The number of fused-ring (bicyclic) bond motifs is 1. The molecule has 8 nitrogen and oxygen atoms in total. The lowest BCUT2D eigenvalue weighted by molar-refractivity contribution is 0.174. The predicted octanol–water partition coefficient (Wildman–Crippen LogP) is 1.88. The Morgan fingerprint density at radius 2 is 2.00 bits per heavy atom. The number of aryl methyl sites for hydroxylation is 1. The van der Waals surface area contributed by atoms with Crippen LogP contribution in [0.5, 0.6) is 11.5 Å². The summed E-state index contributed by atoms with van der Waals surface area (Å²) in [6.07, 6.45) is 0.598. The number of rotatable bonds is 4. The van der Waals surface area contributed by atoms with Gasteiger partial charge in [-0.25, -0.2) is 13.4 Å². The van der Waals surface area contributed by atoms with Gasteiger partial charge in [-0.2, -0.15) is 4.98 Å². The van der Waals surface area contributed by atoms with Gasteiger partial charge in [0, 0.05) is 36.6 Å². The lowest BCUT2D eigenvalue weighted by atomic mass is 10.2. The zero-order valence-corrected chi connectivity index (χ0v) is 15.4. The van der Waals surface area contributed by atoms with Gasteiger partial charge in [-0.15, -0.1) is 0 Å². The molecule has 0 amide bonds. The van der Waals surface area contributed by atoms with Gasteiger partial charge < -0.3 is 19.7 Å². The van der Waals surface area contributed by atoms with Gasteiger partial charge in [0.2, 0.25) is 12.7 Å². The Bertz CT molecular complexity index is 948. The van der Waals surface area contributed by atoms with Crippen molar-refractivity contribution < 1.29 is 17.9 Å². The Kier molecular flexibility index (Phi) is 4.10. The van der Waals surface area contributed by atoms with E-state index < -0.39 is 9.84 Å². The van der Waals surface area contributed by atoms with Gasteiger partial charge in [0.1, 0.15) is 5.82 Å². The standard InChI is InChI=1S/C17H20N4O4S/c1-11-7-16(19-12-3-4-14-15(8-12)25-10-24-14)20-17(18-11)21(2)13-5-6-26(22,23)9-13/h3-4,7-8,13H,5-6,9-10H2,1-2H3,(H,18,19,20). The fourth-order valence-electron chi connectivity index (χ4n) is 3.14. The number of benzene rings is 1. The topological polar surface area (TPSA) is 93.6 Å². The molecule has 1 unspecified atom stereocenters. The van der Waals surface area contributed by atoms with E-state index in [1.54, 1.807) is 0 Å². The fraction of sp³-hybridized carbons (Fsp3) is 0.412. The summed E-state index contributed by atoms with van der Waals surface area (Å²) in [7, 11) is -1.12. The average Bonchev–Trinajstić information content (AvgIpc) is 3.19. The Balaban J connectivity index is 1.56. The molecule has 0 spiro atoms. The van der Waals surface area contributed by atoms with Crippen LogP contribution >= 0.6 is 0 Å². The number of nitrogens with one attached hydrogen (secondary N) is 1. The molecule has 0 radical (unpaired) electrons. The van der Waals surface area contributed by atoms with E-state index in [4.69, 9.17) is 9.47 Å². The largest absolute Gasteiger partial charge is 0.454 e. The minimum atomic E-state index is -2.96. The highest BCUT2D eigenvalue weighted by atomic mass is 32.2. The molecule has 26 heavy (non-hydrogen) atoms. The van der Waals surface area contributed by atoms with Crippen LogP contribution in [0.4, 0.5) is 17.5 Å². The Hall–Kier alpha value is -2.55. The lowest BCUT2D eigenvalue weighted by Crippen LogP contribution is -2.34. The van der Waals surface area contributed by atoms with E-state index in [0.29, 0.717) is 23.9 Å². The summed E-state index contributed by atoms with van der Waals surface area (Å²) in [6.45, 7) is 2.11. The van der Waals surface area contributed by atoms with E-state index >= 15 is 0 Å². The molecule has 0 bridgehead atoms. The monoisotopic (exact) mass is 376 g/mol. The molecule has 2 aliphatic rings. The fourth-order valence-corrected chi connectivity index (χ4v) is 4.92. The van der Waals surface area contributed by atoms with E-state index in [9.17, 15) is 8.42 Å². The number of ether oxygens (including phenoxy) is 2. The summed E-state index contributed by atoms with van der Waals surface area (Å²) >= 11 is 0. The van der Waals surface area contributed by atoms with Crippen molar-refractivity contribution in [3.8, 4) is 11.5 Å². The summed E-state index contributed by atoms with van der Waals surface area (Å²) in [5, 5.41) is 3.24. The number of hydrogen-bond donors (Lipinski definition) is 1. The van der Waals surface area contributed by atoms with Crippen molar-refractivity contribution in [1.29, 1.82) is 0 Å². The third-order valence-corrected chi connectivity index (χ3v) is 6.31. The third-order valence-electron chi connectivity index (χ3n) is 4.56. The molecule has 1 N–H and O–H groups in total. The quantitative estimate of drug-likeness (QED) is 0.864. The second-order valence-corrected chi connectivity index (χ2v) is 8.78. The van der Waals surface area contributed by atoms with Crippen molar-refractivity contribution in [3.05, 3.63) is 30.0 Å². The van der Waals surface area contributed by atoms with Crippen molar-refractivity contribution in [1.82, 2.24) is 9.97 Å². The minimum absolute atomic E-state index is 0.0970. The number of anilines is 3. The minimum Gasteiger partial charge on any atom is -0.454 e. The van der Waals surface area contributed by atoms with Crippen LogP contribution in [0.15, 0.2) is 24.3 Å². The predicted molar refractivity (Wildman–Crippen MR) is 98.1 cm³/mol. The lowest BCUT2D eigenvalue weighted by Gasteiger charge is -2.24. The molecule has 1 aromatic carbocycles. The van der Waals surface area contributed by atoms with Crippen LogP contribution < -0.4 is 19.7 Å². The maximum atomic E-state index is 11.7. The highest BCUT2D eigenvalue weighted by molar-refractivity contribution is 7.91. The SMILES string of the molecule is Cc1cc(Nc2ccc3c(c2)OCO3)nc(N(C)C2CCS(=O)(=O)C2)n1. The average molecular weight is 376 g/mol.